The minimum absolute atomic E-state index is 0. The van der Waals surface area contributed by atoms with Gasteiger partial charge < -0.3 is 10.2 Å². The molecule has 0 aromatic heterocycles. The summed E-state index contributed by atoms with van der Waals surface area (Å²) in [4.78, 5) is 0. The summed E-state index contributed by atoms with van der Waals surface area (Å²) in [5.41, 5.74) is 0.965. The number of aliphatic hydroxyl groups is 2. The molecule has 0 amide bonds. The van der Waals surface area contributed by atoms with Gasteiger partial charge in [0.1, 0.15) is 0 Å². The molecule has 0 saturated heterocycles. The maximum atomic E-state index is 8.54. The maximum Gasteiger partial charge on any atom is 0.0681 e. The van der Waals surface area contributed by atoms with Crippen molar-refractivity contribution in [1.29, 1.82) is 0 Å². The average Bonchev–Trinajstić information content (AvgIpc) is 2.10. The largest absolute Gasteiger partial charge is 0.400 e. The van der Waals surface area contributed by atoms with E-state index in [-0.39, 0.29) is 14.0 Å². The van der Waals surface area contributed by atoms with Crippen molar-refractivity contribution in [1.82, 2.24) is 0 Å². The van der Waals surface area contributed by atoms with Gasteiger partial charge >= 0.3 is 0 Å². The molecule has 0 aliphatic rings. The van der Waals surface area contributed by atoms with Gasteiger partial charge in [0.05, 0.1) is 6.61 Å². The average molecular weight is 156 g/mol. The molecule has 2 heteroatoms. The molecule has 2 N–H and O–H groups in total. The summed E-state index contributed by atoms with van der Waals surface area (Å²) in [7, 11) is 1.00. The zero-order valence-corrected chi connectivity index (χ0v) is 5.99. The van der Waals surface area contributed by atoms with Crippen LogP contribution in [0.3, 0.4) is 0 Å². The first-order chi connectivity index (χ1) is 4.93. The predicted molar refractivity (Wildman–Crippen MR) is 47.2 cm³/mol. The van der Waals surface area contributed by atoms with Gasteiger partial charge in [-0.1, -0.05) is 37.8 Å². The van der Waals surface area contributed by atoms with Crippen LogP contribution in [0.4, 0.5) is 0 Å². The van der Waals surface area contributed by atoms with Gasteiger partial charge in [0.2, 0.25) is 0 Å². The lowest BCUT2D eigenvalue weighted by atomic mass is 10.2. The molecule has 1 rings (SSSR count). The van der Waals surface area contributed by atoms with Crippen LogP contribution in [0.2, 0.25) is 0 Å². The quantitative estimate of drug-likeness (QED) is 0.645. The highest BCUT2D eigenvalue weighted by Gasteiger charge is 1.81. The van der Waals surface area contributed by atoms with Crippen molar-refractivity contribution in [2.75, 3.05) is 7.11 Å². The molecule has 0 radical (unpaired) electrons. The van der Waals surface area contributed by atoms with E-state index in [0.29, 0.717) is 0 Å². The molecule has 0 saturated carbocycles. The summed E-state index contributed by atoms with van der Waals surface area (Å²) in [5, 5.41) is 15.5. The zero-order chi connectivity index (χ0) is 7.82. The Balaban J connectivity index is 0. The van der Waals surface area contributed by atoms with Gasteiger partial charge in [-0.3, -0.25) is 0 Å². The maximum absolute atomic E-state index is 8.54. The van der Waals surface area contributed by atoms with E-state index < -0.39 is 0 Å². The number of rotatable bonds is 1. The smallest absolute Gasteiger partial charge is 0.0681 e. The molecule has 1 aromatic carbocycles. The molecule has 0 aliphatic carbocycles. The third kappa shape index (κ3) is 5.58. The first kappa shape index (κ1) is 12.8. The van der Waals surface area contributed by atoms with E-state index in [1.165, 1.54) is 0 Å². The van der Waals surface area contributed by atoms with Crippen LogP contribution in [-0.2, 0) is 6.61 Å². The molecule has 1 aromatic rings. The number of hydrogen-bond donors (Lipinski definition) is 2. The summed E-state index contributed by atoms with van der Waals surface area (Å²) in [6, 6.07) is 9.52. The monoisotopic (exact) mass is 156 g/mol. The molecule has 0 unspecified atom stereocenters. The highest BCUT2D eigenvalue weighted by atomic mass is 16.3. The molecule has 0 spiro atoms. The van der Waals surface area contributed by atoms with Gasteiger partial charge in [0.15, 0.2) is 0 Å². The molecule has 0 fully saturated rings. The predicted octanol–water partition coefficient (Wildman–Crippen LogP) is 1.42. The third-order valence-electron chi connectivity index (χ3n) is 1.03. The van der Waals surface area contributed by atoms with E-state index in [1.54, 1.807) is 0 Å². The summed E-state index contributed by atoms with van der Waals surface area (Å²) in [5.74, 6) is 0. The zero-order valence-electron chi connectivity index (χ0n) is 5.99. The fourth-order valence-electron chi connectivity index (χ4n) is 0.583. The van der Waals surface area contributed by atoms with E-state index in [9.17, 15) is 0 Å². The lowest BCUT2D eigenvalue weighted by Gasteiger charge is -1.89. The van der Waals surface area contributed by atoms with Crippen LogP contribution in [0.15, 0.2) is 30.3 Å². The van der Waals surface area contributed by atoms with Crippen molar-refractivity contribution in [3.8, 4) is 0 Å². The molecular weight excluding hydrogens is 140 g/mol. The van der Waals surface area contributed by atoms with Crippen LogP contribution in [0, 0.1) is 0 Å². The standard InChI is InChI=1S/C7H8O.CH4O.CH4/c8-6-7-4-2-1-3-5-7;1-2;/h1-5,8H,6H2;2H,1H3;1H4. The summed E-state index contributed by atoms with van der Waals surface area (Å²) >= 11 is 0. The second-order valence-corrected chi connectivity index (χ2v) is 1.64. The molecule has 0 bridgehead atoms. The first-order valence-electron chi connectivity index (χ1n) is 3.03. The summed E-state index contributed by atoms with van der Waals surface area (Å²) in [6.45, 7) is 0.140. The van der Waals surface area contributed by atoms with Gasteiger partial charge in [0, 0.05) is 7.11 Å². The number of hydrogen-bond acceptors (Lipinski definition) is 2. The number of benzene rings is 1. The van der Waals surface area contributed by atoms with Crippen LogP contribution in [0.1, 0.15) is 13.0 Å². The molecule has 0 atom stereocenters. The second kappa shape index (κ2) is 9.14. The summed E-state index contributed by atoms with van der Waals surface area (Å²) < 4.78 is 0. The Morgan fingerprint density at radius 3 is 1.82 bits per heavy atom. The number of aliphatic hydroxyl groups excluding tert-OH is 2. The Bertz CT molecular complexity index is 149. The molecule has 11 heavy (non-hydrogen) atoms. The fraction of sp³-hybridized carbons (Fsp3) is 0.333. The minimum Gasteiger partial charge on any atom is -0.400 e. The Labute approximate surface area is 68.1 Å². The van der Waals surface area contributed by atoms with Gasteiger partial charge in [-0.15, -0.1) is 0 Å². The van der Waals surface area contributed by atoms with E-state index in [1.807, 2.05) is 30.3 Å². The third-order valence-corrected chi connectivity index (χ3v) is 1.03. The molecular formula is C9H16O2. The summed E-state index contributed by atoms with van der Waals surface area (Å²) in [6.07, 6.45) is 0. The normalized spacial score (nSPS) is 7.18. The fourth-order valence-corrected chi connectivity index (χ4v) is 0.583. The topological polar surface area (TPSA) is 40.5 Å². The lowest BCUT2D eigenvalue weighted by Crippen LogP contribution is -1.77. The Morgan fingerprint density at radius 1 is 1.09 bits per heavy atom. The van der Waals surface area contributed by atoms with Crippen LogP contribution in [0.5, 0.6) is 0 Å². The van der Waals surface area contributed by atoms with Crippen LogP contribution in [0.25, 0.3) is 0 Å². The second-order valence-electron chi connectivity index (χ2n) is 1.64. The van der Waals surface area contributed by atoms with E-state index in [2.05, 4.69) is 0 Å². The molecule has 0 aliphatic heterocycles. The SMILES string of the molecule is C.CO.OCc1ccccc1. The van der Waals surface area contributed by atoms with Crippen LogP contribution < -0.4 is 0 Å². The Hall–Kier alpha value is -0.860. The van der Waals surface area contributed by atoms with Crippen molar-refractivity contribution in [2.45, 2.75) is 14.0 Å². The van der Waals surface area contributed by atoms with Crippen molar-refractivity contribution in [3.05, 3.63) is 35.9 Å². The van der Waals surface area contributed by atoms with Gasteiger partial charge in [-0.2, -0.15) is 0 Å². The lowest BCUT2D eigenvalue weighted by molar-refractivity contribution is 0.282. The van der Waals surface area contributed by atoms with Gasteiger partial charge in [0.25, 0.3) is 0 Å². The van der Waals surface area contributed by atoms with E-state index in [4.69, 9.17) is 10.2 Å². The van der Waals surface area contributed by atoms with Gasteiger partial charge in [-0.25, -0.2) is 0 Å². The van der Waals surface area contributed by atoms with E-state index >= 15 is 0 Å². The molecule has 0 heterocycles. The van der Waals surface area contributed by atoms with Crippen molar-refractivity contribution in [3.63, 3.8) is 0 Å². The Kier molecular flexibility index (Phi) is 10.6. The highest BCUT2D eigenvalue weighted by molar-refractivity contribution is 5.12. The van der Waals surface area contributed by atoms with Crippen LogP contribution >= 0.6 is 0 Å². The van der Waals surface area contributed by atoms with E-state index in [0.717, 1.165) is 12.7 Å². The Morgan fingerprint density at radius 2 is 1.55 bits per heavy atom. The minimum atomic E-state index is 0. The van der Waals surface area contributed by atoms with Gasteiger partial charge in [-0.05, 0) is 5.56 Å². The molecule has 2 nitrogen and oxygen atoms in total. The highest BCUT2D eigenvalue weighted by Crippen LogP contribution is 1.95. The van der Waals surface area contributed by atoms with Crippen molar-refractivity contribution in [2.24, 2.45) is 0 Å². The molecule has 64 valence electrons. The van der Waals surface area contributed by atoms with Crippen molar-refractivity contribution >= 4 is 0 Å². The first-order valence-corrected chi connectivity index (χ1v) is 3.03. The van der Waals surface area contributed by atoms with Crippen LogP contribution in [-0.4, -0.2) is 17.3 Å². The van der Waals surface area contributed by atoms with Crippen molar-refractivity contribution < 1.29 is 10.2 Å².